The topological polar surface area (TPSA) is 0 Å². The van der Waals surface area contributed by atoms with E-state index in [-0.39, 0.29) is 0 Å². The van der Waals surface area contributed by atoms with Gasteiger partial charge in [0.25, 0.3) is 0 Å². The van der Waals surface area contributed by atoms with E-state index < -0.39 is 0 Å². The van der Waals surface area contributed by atoms with Gasteiger partial charge >= 0.3 is 0 Å². The first kappa shape index (κ1) is 20.5. The van der Waals surface area contributed by atoms with E-state index in [9.17, 15) is 0 Å². The Kier molecular flexibility index (Phi) is 16.3. The fourth-order valence-corrected chi connectivity index (χ4v) is 7.01. The molecule has 0 saturated carbocycles. The van der Waals surface area contributed by atoms with Crippen LogP contribution in [0.2, 0.25) is 0 Å². The van der Waals surface area contributed by atoms with Crippen molar-refractivity contribution in [3.63, 3.8) is 0 Å². The van der Waals surface area contributed by atoms with Crippen molar-refractivity contribution in [2.45, 2.75) is 28.3 Å². The quantitative estimate of drug-likeness (QED) is 0.329. The van der Waals surface area contributed by atoms with E-state index in [1.54, 1.807) is 0 Å². The zero-order valence-corrected chi connectivity index (χ0v) is 16.9. The Morgan fingerprint density at radius 1 is 0.833 bits per heavy atom. The van der Waals surface area contributed by atoms with Gasteiger partial charge in [0.2, 0.25) is 0 Å². The van der Waals surface area contributed by atoms with E-state index in [4.69, 9.17) is 0 Å². The van der Waals surface area contributed by atoms with Crippen LogP contribution in [0.25, 0.3) is 0 Å². The SMILES string of the molecule is CC(SCCS)SCC(CS)SC(C)SCCS. The number of thioether (sulfide) groups is 4. The van der Waals surface area contributed by atoms with Crippen molar-refractivity contribution in [1.82, 2.24) is 0 Å². The first-order chi connectivity index (χ1) is 8.63. The van der Waals surface area contributed by atoms with E-state index >= 15 is 0 Å². The molecule has 0 aromatic heterocycles. The van der Waals surface area contributed by atoms with Gasteiger partial charge in [0.1, 0.15) is 0 Å². The molecule has 0 aliphatic carbocycles. The van der Waals surface area contributed by atoms with Crippen LogP contribution in [0.4, 0.5) is 0 Å². The lowest BCUT2D eigenvalue weighted by atomic mass is 10.5. The smallest absolute Gasteiger partial charge is 0.0478 e. The molecule has 3 unspecified atom stereocenters. The van der Waals surface area contributed by atoms with Gasteiger partial charge in [-0.15, -0.1) is 47.0 Å². The summed E-state index contributed by atoms with van der Waals surface area (Å²) >= 11 is 21.1. The molecule has 0 nitrogen and oxygen atoms in total. The molecule has 18 heavy (non-hydrogen) atoms. The number of hydrogen-bond donors (Lipinski definition) is 3. The molecule has 0 aliphatic rings. The van der Waals surface area contributed by atoms with Gasteiger partial charge in [-0.05, 0) is 25.4 Å². The zero-order valence-electron chi connectivity index (χ0n) is 10.9. The normalized spacial score (nSPS) is 16.5. The van der Waals surface area contributed by atoms with Crippen molar-refractivity contribution < 1.29 is 0 Å². The minimum Gasteiger partial charge on any atom is -0.179 e. The molecule has 0 radical (unpaired) electrons. The standard InChI is InChI=1S/C11H24S7/c1-9(15-5-3-12)17-8-11(7-14)18-10(2)16-6-4-13/h9-14H,3-8H2,1-2H3. The summed E-state index contributed by atoms with van der Waals surface area (Å²) in [5.74, 6) is 6.38. The maximum atomic E-state index is 4.48. The maximum Gasteiger partial charge on any atom is 0.0478 e. The lowest BCUT2D eigenvalue weighted by molar-refractivity contribution is 1.14. The Morgan fingerprint density at radius 2 is 1.39 bits per heavy atom. The highest BCUT2D eigenvalue weighted by Crippen LogP contribution is 2.32. The van der Waals surface area contributed by atoms with Crippen LogP contribution in [0.15, 0.2) is 0 Å². The van der Waals surface area contributed by atoms with E-state index in [1.807, 2.05) is 35.3 Å². The van der Waals surface area contributed by atoms with Crippen LogP contribution >= 0.6 is 84.9 Å². The Labute approximate surface area is 146 Å². The number of rotatable bonds is 12. The first-order valence-corrected chi connectivity index (χ1v) is 12.0. The minimum absolute atomic E-state index is 0.648. The fraction of sp³-hybridized carbons (Fsp3) is 1.00. The third kappa shape index (κ3) is 12.2. The summed E-state index contributed by atoms with van der Waals surface area (Å²) in [6.07, 6.45) is 0. The second-order valence-corrected chi connectivity index (χ2v) is 11.4. The molecular formula is C11H24S7. The molecule has 0 spiro atoms. The summed E-state index contributed by atoms with van der Waals surface area (Å²) in [6, 6.07) is 0. The van der Waals surface area contributed by atoms with Gasteiger partial charge in [0.05, 0.1) is 0 Å². The van der Waals surface area contributed by atoms with Gasteiger partial charge < -0.3 is 0 Å². The van der Waals surface area contributed by atoms with Gasteiger partial charge in [0.15, 0.2) is 0 Å². The van der Waals surface area contributed by atoms with Crippen LogP contribution in [0.3, 0.4) is 0 Å². The molecule has 0 rings (SSSR count). The highest BCUT2D eigenvalue weighted by molar-refractivity contribution is 8.19. The van der Waals surface area contributed by atoms with Crippen molar-refractivity contribution in [2.75, 3.05) is 34.5 Å². The zero-order chi connectivity index (χ0) is 13.8. The van der Waals surface area contributed by atoms with Crippen molar-refractivity contribution >= 4 is 84.9 Å². The van der Waals surface area contributed by atoms with Crippen LogP contribution < -0.4 is 0 Å². The summed E-state index contributed by atoms with van der Waals surface area (Å²) in [6.45, 7) is 4.58. The molecular weight excluding hydrogens is 357 g/mol. The molecule has 0 amide bonds. The third-order valence-electron chi connectivity index (χ3n) is 1.99. The predicted molar refractivity (Wildman–Crippen MR) is 109 cm³/mol. The highest BCUT2D eigenvalue weighted by atomic mass is 32.2. The Balaban J connectivity index is 3.74. The fourth-order valence-electron chi connectivity index (χ4n) is 1.17. The Hall–Kier alpha value is 2.45. The summed E-state index contributed by atoms with van der Waals surface area (Å²) in [5.41, 5.74) is 0. The van der Waals surface area contributed by atoms with Crippen LogP contribution in [0.5, 0.6) is 0 Å². The molecule has 7 heteroatoms. The monoisotopic (exact) mass is 380 g/mol. The Bertz CT molecular complexity index is 179. The summed E-state index contributed by atoms with van der Waals surface area (Å²) in [5, 5.41) is 0.653. The molecule has 0 bridgehead atoms. The van der Waals surface area contributed by atoms with E-state index in [2.05, 4.69) is 63.5 Å². The second kappa shape index (κ2) is 14.4. The average molecular weight is 381 g/mol. The molecule has 0 aromatic rings. The average Bonchev–Trinajstić information content (AvgIpc) is 2.38. The van der Waals surface area contributed by atoms with Gasteiger partial charge in [-0.2, -0.15) is 37.9 Å². The Morgan fingerprint density at radius 3 is 1.89 bits per heavy atom. The van der Waals surface area contributed by atoms with Crippen molar-refractivity contribution in [2.24, 2.45) is 0 Å². The largest absolute Gasteiger partial charge is 0.179 e. The van der Waals surface area contributed by atoms with Crippen LogP contribution in [0, 0.1) is 0 Å². The lowest BCUT2D eigenvalue weighted by Crippen LogP contribution is -2.13. The second-order valence-electron chi connectivity index (χ2n) is 3.60. The summed E-state index contributed by atoms with van der Waals surface area (Å²) in [4.78, 5) is 0. The van der Waals surface area contributed by atoms with Crippen molar-refractivity contribution in [3.05, 3.63) is 0 Å². The summed E-state index contributed by atoms with van der Waals surface area (Å²) < 4.78 is 1.32. The number of hydrogen-bond acceptors (Lipinski definition) is 7. The molecule has 0 fully saturated rings. The molecule has 0 aromatic carbocycles. The third-order valence-corrected chi connectivity index (χ3v) is 9.49. The predicted octanol–water partition coefficient (Wildman–Crippen LogP) is 4.77. The van der Waals surface area contributed by atoms with Crippen molar-refractivity contribution in [3.8, 4) is 0 Å². The molecule has 110 valence electrons. The highest BCUT2D eigenvalue weighted by Gasteiger charge is 2.14. The van der Waals surface area contributed by atoms with Gasteiger partial charge in [-0.3, -0.25) is 0 Å². The van der Waals surface area contributed by atoms with E-state index in [0.717, 1.165) is 28.8 Å². The summed E-state index contributed by atoms with van der Waals surface area (Å²) in [7, 11) is 0. The molecule has 0 aliphatic heterocycles. The number of thiol groups is 3. The van der Waals surface area contributed by atoms with E-state index in [0.29, 0.717) is 14.4 Å². The van der Waals surface area contributed by atoms with Crippen LogP contribution in [0.1, 0.15) is 13.8 Å². The van der Waals surface area contributed by atoms with E-state index in [1.165, 1.54) is 5.75 Å². The first-order valence-electron chi connectivity index (χ1n) is 5.96. The van der Waals surface area contributed by atoms with Gasteiger partial charge in [-0.25, -0.2) is 0 Å². The van der Waals surface area contributed by atoms with Gasteiger partial charge in [-0.1, -0.05) is 0 Å². The van der Waals surface area contributed by atoms with Crippen molar-refractivity contribution in [1.29, 1.82) is 0 Å². The molecule has 3 atom stereocenters. The molecule has 0 N–H and O–H groups in total. The molecule has 0 saturated heterocycles. The van der Waals surface area contributed by atoms with Crippen LogP contribution in [-0.2, 0) is 0 Å². The van der Waals surface area contributed by atoms with Gasteiger partial charge in [0, 0.05) is 37.4 Å². The minimum atomic E-state index is 0.648. The molecule has 0 heterocycles. The maximum absolute atomic E-state index is 4.48. The van der Waals surface area contributed by atoms with Crippen LogP contribution in [-0.4, -0.2) is 48.9 Å². The lowest BCUT2D eigenvalue weighted by Gasteiger charge is -2.20.